The summed E-state index contributed by atoms with van der Waals surface area (Å²) in [6, 6.07) is 16.4. The molecular weight excluding hydrogens is 248 g/mol. The highest BCUT2D eigenvalue weighted by molar-refractivity contribution is 5.97. The molecule has 0 saturated carbocycles. The first-order valence-electron chi connectivity index (χ1n) is 6.84. The predicted molar refractivity (Wildman–Crippen MR) is 82.0 cm³/mol. The molecule has 1 atom stereocenters. The first-order valence-corrected chi connectivity index (χ1v) is 6.84. The summed E-state index contributed by atoms with van der Waals surface area (Å²) in [7, 11) is 1.84. The van der Waals surface area contributed by atoms with E-state index in [9.17, 15) is 4.79 Å². The number of aryl methyl sites for hydroxylation is 1. The van der Waals surface area contributed by atoms with Gasteiger partial charge in [0.25, 0.3) is 0 Å². The molecule has 102 valence electrons. The molecule has 3 nitrogen and oxygen atoms in total. The van der Waals surface area contributed by atoms with Crippen molar-refractivity contribution in [2.45, 2.75) is 19.4 Å². The van der Waals surface area contributed by atoms with Crippen LogP contribution in [0.2, 0.25) is 0 Å². The third kappa shape index (κ3) is 2.27. The van der Waals surface area contributed by atoms with Crippen molar-refractivity contribution in [1.82, 2.24) is 0 Å². The van der Waals surface area contributed by atoms with E-state index in [0.29, 0.717) is 6.42 Å². The van der Waals surface area contributed by atoms with E-state index >= 15 is 0 Å². The molecule has 0 aromatic heterocycles. The summed E-state index contributed by atoms with van der Waals surface area (Å²) in [5, 5.41) is 3.47. The SMILES string of the molecule is Cc1ccc(NC2CC(=O)N(C)c3ccccc32)cc1. The van der Waals surface area contributed by atoms with Crippen LogP contribution in [-0.2, 0) is 4.79 Å². The number of nitrogens with one attached hydrogen (secondary N) is 1. The molecule has 0 radical (unpaired) electrons. The van der Waals surface area contributed by atoms with Crippen molar-refractivity contribution in [2.24, 2.45) is 0 Å². The summed E-state index contributed by atoms with van der Waals surface area (Å²) in [4.78, 5) is 13.8. The van der Waals surface area contributed by atoms with Gasteiger partial charge in [-0.3, -0.25) is 4.79 Å². The quantitative estimate of drug-likeness (QED) is 0.902. The maximum absolute atomic E-state index is 12.1. The van der Waals surface area contributed by atoms with Gasteiger partial charge < -0.3 is 10.2 Å². The number of rotatable bonds is 2. The molecule has 0 aliphatic carbocycles. The molecule has 20 heavy (non-hydrogen) atoms. The largest absolute Gasteiger partial charge is 0.378 e. The van der Waals surface area contributed by atoms with Crippen LogP contribution in [0.1, 0.15) is 23.6 Å². The van der Waals surface area contributed by atoms with Gasteiger partial charge in [0.1, 0.15) is 0 Å². The Balaban J connectivity index is 1.92. The van der Waals surface area contributed by atoms with Gasteiger partial charge in [-0.05, 0) is 30.7 Å². The van der Waals surface area contributed by atoms with Crippen LogP contribution in [0.5, 0.6) is 0 Å². The summed E-state index contributed by atoms with van der Waals surface area (Å²) >= 11 is 0. The van der Waals surface area contributed by atoms with Crippen molar-refractivity contribution in [1.29, 1.82) is 0 Å². The van der Waals surface area contributed by atoms with E-state index in [2.05, 4.69) is 42.6 Å². The van der Waals surface area contributed by atoms with Crippen LogP contribution in [-0.4, -0.2) is 13.0 Å². The van der Waals surface area contributed by atoms with Crippen molar-refractivity contribution >= 4 is 17.3 Å². The van der Waals surface area contributed by atoms with Gasteiger partial charge in [0.15, 0.2) is 0 Å². The lowest BCUT2D eigenvalue weighted by atomic mass is 9.96. The molecule has 0 bridgehead atoms. The Labute approximate surface area is 119 Å². The summed E-state index contributed by atoms with van der Waals surface area (Å²) < 4.78 is 0. The maximum atomic E-state index is 12.1. The van der Waals surface area contributed by atoms with E-state index in [-0.39, 0.29) is 11.9 Å². The summed E-state index contributed by atoms with van der Waals surface area (Å²) in [6.45, 7) is 2.07. The molecule has 1 N–H and O–H groups in total. The molecule has 0 fully saturated rings. The second-order valence-electron chi connectivity index (χ2n) is 5.28. The average Bonchev–Trinajstić information content (AvgIpc) is 2.47. The Morgan fingerprint density at radius 1 is 1.10 bits per heavy atom. The van der Waals surface area contributed by atoms with Crippen molar-refractivity contribution in [3.63, 3.8) is 0 Å². The van der Waals surface area contributed by atoms with Crippen molar-refractivity contribution in [3.05, 3.63) is 59.7 Å². The zero-order chi connectivity index (χ0) is 14.1. The number of hydrogen-bond acceptors (Lipinski definition) is 2. The van der Waals surface area contributed by atoms with Crippen LogP contribution in [0, 0.1) is 6.92 Å². The van der Waals surface area contributed by atoms with E-state index in [1.54, 1.807) is 4.90 Å². The fraction of sp³-hybridized carbons (Fsp3) is 0.235. The van der Waals surface area contributed by atoms with E-state index < -0.39 is 0 Å². The smallest absolute Gasteiger partial charge is 0.229 e. The number of amides is 1. The second-order valence-corrected chi connectivity index (χ2v) is 5.28. The van der Waals surface area contributed by atoms with Gasteiger partial charge in [-0.25, -0.2) is 0 Å². The van der Waals surface area contributed by atoms with Gasteiger partial charge in [0.2, 0.25) is 5.91 Å². The number of hydrogen-bond donors (Lipinski definition) is 1. The highest BCUT2D eigenvalue weighted by Crippen LogP contribution is 2.35. The number of carbonyl (C=O) groups is 1. The van der Waals surface area contributed by atoms with E-state index in [1.807, 2.05) is 25.2 Å². The lowest BCUT2D eigenvalue weighted by molar-refractivity contribution is -0.118. The van der Waals surface area contributed by atoms with Crippen LogP contribution in [0.3, 0.4) is 0 Å². The zero-order valence-electron chi connectivity index (χ0n) is 11.8. The third-order valence-electron chi connectivity index (χ3n) is 3.82. The highest BCUT2D eigenvalue weighted by atomic mass is 16.2. The van der Waals surface area contributed by atoms with Crippen LogP contribution in [0.25, 0.3) is 0 Å². The molecule has 3 heteroatoms. The van der Waals surface area contributed by atoms with E-state index in [0.717, 1.165) is 11.4 Å². The van der Waals surface area contributed by atoms with Gasteiger partial charge >= 0.3 is 0 Å². The average molecular weight is 266 g/mol. The Kier molecular flexibility index (Phi) is 3.18. The fourth-order valence-electron chi connectivity index (χ4n) is 2.62. The van der Waals surface area contributed by atoms with Crippen molar-refractivity contribution < 1.29 is 4.79 Å². The maximum Gasteiger partial charge on any atom is 0.229 e. The summed E-state index contributed by atoms with van der Waals surface area (Å²) in [5.74, 6) is 0.147. The normalized spacial score (nSPS) is 17.8. The van der Waals surface area contributed by atoms with Gasteiger partial charge in [-0.15, -0.1) is 0 Å². The molecule has 1 amide bonds. The van der Waals surface area contributed by atoms with Crippen LogP contribution >= 0.6 is 0 Å². The molecule has 1 aliphatic heterocycles. The summed E-state index contributed by atoms with van der Waals surface area (Å²) in [6.07, 6.45) is 0.487. The molecule has 1 aliphatic rings. The third-order valence-corrected chi connectivity index (χ3v) is 3.82. The lowest BCUT2D eigenvalue weighted by Crippen LogP contribution is -2.35. The number of anilines is 2. The minimum Gasteiger partial charge on any atom is -0.378 e. The van der Waals surface area contributed by atoms with Crippen LogP contribution < -0.4 is 10.2 Å². The Bertz CT molecular complexity index is 634. The second kappa shape index (κ2) is 5.00. The summed E-state index contributed by atoms with van der Waals surface area (Å²) in [5.41, 5.74) is 4.45. The monoisotopic (exact) mass is 266 g/mol. The zero-order valence-corrected chi connectivity index (χ0v) is 11.8. The number of benzene rings is 2. The number of nitrogens with zero attached hydrogens (tertiary/aromatic N) is 1. The van der Waals surface area contributed by atoms with E-state index in [4.69, 9.17) is 0 Å². The van der Waals surface area contributed by atoms with Crippen LogP contribution in [0.15, 0.2) is 48.5 Å². The molecule has 2 aromatic rings. The molecule has 0 spiro atoms. The lowest BCUT2D eigenvalue weighted by Gasteiger charge is -2.32. The van der Waals surface area contributed by atoms with Gasteiger partial charge in [-0.1, -0.05) is 35.9 Å². The Morgan fingerprint density at radius 2 is 1.80 bits per heavy atom. The highest BCUT2D eigenvalue weighted by Gasteiger charge is 2.28. The standard InChI is InChI=1S/C17H18N2O/c1-12-7-9-13(10-8-12)18-15-11-17(20)19(2)16-6-4-3-5-14(15)16/h3-10,15,18H,11H2,1-2H3. The Morgan fingerprint density at radius 3 is 2.55 bits per heavy atom. The minimum absolute atomic E-state index is 0.0395. The molecule has 1 heterocycles. The van der Waals surface area contributed by atoms with Gasteiger partial charge in [0.05, 0.1) is 12.5 Å². The minimum atomic E-state index is 0.0395. The Hall–Kier alpha value is -2.29. The molecule has 1 unspecified atom stereocenters. The van der Waals surface area contributed by atoms with Crippen molar-refractivity contribution in [2.75, 3.05) is 17.3 Å². The fourth-order valence-corrected chi connectivity index (χ4v) is 2.62. The molecule has 3 rings (SSSR count). The van der Waals surface area contributed by atoms with Gasteiger partial charge in [0, 0.05) is 18.4 Å². The van der Waals surface area contributed by atoms with Crippen molar-refractivity contribution in [3.8, 4) is 0 Å². The first-order chi connectivity index (χ1) is 9.65. The number of para-hydroxylation sites is 1. The predicted octanol–water partition coefficient (Wildman–Crippen LogP) is 3.51. The number of carbonyl (C=O) groups excluding carboxylic acids is 1. The topological polar surface area (TPSA) is 32.3 Å². The molecule has 2 aromatic carbocycles. The van der Waals surface area contributed by atoms with E-state index in [1.165, 1.54) is 11.1 Å². The number of fused-ring (bicyclic) bond motifs is 1. The first kappa shape index (κ1) is 12.7. The molecular formula is C17H18N2O. The van der Waals surface area contributed by atoms with Gasteiger partial charge in [-0.2, -0.15) is 0 Å². The van der Waals surface area contributed by atoms with Crippen LogP contribution in [0.4, 0.5) is 11.4 Å². The molecule has 0 saturated heterocycles.